The van der Waals surface area contributed by atoms with Crippen LogP contribution < -0.4 is 5.56 Å². The van der Waals surface area contributed by atoms with Gasteiger partial charge in [0.1, 0.15) is 11.6 Å². The molecule has 0 aliphatic rings. The first kappa shape index (κ1) is 17.7. The standard InChI is InChI=1S/C23H20N4O/c1-4-26-21-8-6-5-7-18(21)19-12-17(9-10-22(19)26)14-25-27-16(3)11-15(2)20(13-24)23(27)28/h5-12,14H,4H2,1-3H3/b25-14+. The third kappa shape index (κ3) is 2.71. The van der Waals surface area contributed by atoms with Crippen molar-refractivity contribution in [2.75, 3.05) is 0 Å². The average molecular weight is 368 g/mol. The Balaban J connectivity index is 1.85. The van der Waals surface area contributed by atoms with Crippen LogP contribution in [0.3, 0.4) is 0 Å². The molecule has 0 saturated heterocycles. The number of nitrogens with zero attached hydrogens (tertiary/aromatic N) is 4. The minimum atomic E-state index is -0.389. The monoisotopic (exact) mass is 368 g/mol. The van der Waals surface area contributed by atoms with Gasteiger partial charge in [0.25, 0.3) is 5.56 Å². The summed E-state index contributed by atoms with van der Waals surface area (Å²) in [7, 11) is 0. The lowest BCUT2D eigenvalue weighted by atomic mass is 10.1. The fourth-order valence-corrected chi connectivity index (χ4v) is 3.78. The van der Waals surface area contributed by atoms with Crippen LogP contribution in [0.15, 0.2) is 58.4 Å². The van der Waals surface area contributed by atoms with E-state index in [2.05, 4.69) is 46.9 Å². The van der Waals surface area contributed by atoms with E-state index in [-0.39, 0.29) is 11.1 Å². The van der Waals surface area contributed by atoms with Gasteiger partial charge < -0.3 is 4.57 Å². The lowest BCUT2D eigenvalue weighted by molar-refractivity contribution is 0.786. The van der Waals surface area contributed by atoms with E-state index in [1.807, 2.05) is 25.1 Å². The molecule has 2 aromatic carbocycles. The molecule has 0 aliphatic carbocycles. The van der Waals surface area contributed by atoms with E-state index in [4.69, 9.17) is 0 Å². The quantitative estimate of drug-likeness (QED) is 0.505. The molecule has 4 rings (SSSR count). The topological polar surface area (TPSA) is 63.1 Å². The number of nitriles is 1. The number of fused-ring (bicyclic) bond motifs is 3. The molecule has 2 aromatic heterocycles. The molecule has 138 valence electrons. The number of aromatic nitrogens is 2. The summed E-state index contributed by atoms with van der Waals surface area (Å²) in [6.45, 7) is 6.61. The van der Waals surface area contributed by atoms with Crippen LogP contribution in [0, 0.1) is 25.2 Å². The summed E-state index contributed by atoms with van der Waals surface area (Å²) in [6.07, 6.45) is 1.67. The first-order chi connectivity index (χ1) is 13.5. The minimum absolute atomic E-state index is 0.129. The van der Waals surface area contributed by atoms with Gasteiger partial charge in [-0.25, -0.2) is 4.68 Å². The fourth-order valence-electron chi connectivity index (χ4n) is 3.78. The van der Waals surface area contributed by atoms with Crippen LogP contribution in [-0.4, -0.2) is 15.5 Å². The number of para-hydroxylation sites is 1. The third-order valence-electron chi connectivity index (χ3n) is 5.11. The number of hydrogen-bond donors (Lipinski definition) is 0. The summed E-state index contributed by atoms with van der Waals surface area (Å²) in [6, 6.07) is 18.3. The summed E-state index contributed by atoms with van der Waals surface area (Å²) < 4.78 is 3.57. The highest BCUT2D eigenvalue weighted by Gasteiger charge is 2.10. The molecule has 4 aromatic rings. The molecule has 2 heterocycles. The Morgan fingerprint density at radius 2 is 1.82 bits per heavy atom. The smallest absolute Gasteiger partial charge is 0.289 e. The maximum atomic E-state index is 12.5. The third-order valence-corrected chi connectivity index (χ3v) is 5.11. The van der Waals surface area contributed by atoms with Crippen LogP contribution in [0.5, 0.6) is 0 Å². The fraction of sp³-hybridized carbons (Fsp3) is 0.174. The molecule has 0 saturated carbocycles. The minimum Gasteiger partial charge on any atom is -0.341 e. The Morgan fingerprint density at radius 1 is 1.07 bits per heavy atom. The van der Waals surface area contributed by atoms with E-state index in [9.17, 15) is 10.1 Å². The lowest BCUT2D eigenvalue weighted by Crippen LogP contribution is -2.22. The van der Waals surface area contributed by atoms with Crippen molar-refractivity contribution < 1.29 is 0 Å². The van der Waals surface area contributed by atoms with Crippen molar-refractivity contribution in [3.63, 3.8) is 0 Å². The lowest BCUT2D eigenvalue weighted by Gasteiger charge is -2.06. The van der Waals surface area contributed by atoms with Crippen molar-refractivity contribution in [3.8, 4) is 6.07 Å². The Hall–Kier alpha value is -3.65. The van der Waals surface area contributed by atoms with Crippen molar-refractivity contribution >= 4 is 28.0 Å². The predicted octanol–water partition coefficient (Wildman–Crippen LogP) is 4.35. The molecule has 0 atom stereocenters. The second-order valence-electron chi connectivity index (χ2n) is 6.86. The number of aryl methyl sites for hydroxylation is 3. The first-order valence-corrected chi connectivity index (χ1v) is 9.24. The van der Waals surface area contributed by atoms with E-state index in [0.717, 1.165) is 17.5 Å². The summed E-state index contributed by atoms with van der Waals surface area (Å²) >= 11 is 0. The highest BCUT2D eigenvalue weighted by molar-refractivity contribution is 6.09. The van der Waals surface area contributed by atoms with Gasteiger partial charge in [0.05, 0.1) is 6.21 Å². The van der Waals surface area contributed by atoms with Crippen molar-refractivity contribution in [1.82, 2.24) is 9.24 Å². The van der Waals surface area contributed by atoms with E-state index in [1.165, 1.54) is 21.1 Å². The summed E-state index contributed by atoms with van der Waals surface area (Å²) in [5.41, 5.74) is 4.39. The molecule has 5 heteroatoms. The molecule has 0 bridgehead atoms. The number of pyridine rings is 1. The maximum Gasteiger partial charge on any atom is 0.289 e. The average Bonchev–Trinajstić information content (AvgIpc) is 3.01. The molecule has 0 aliphatic heterocycles. The van der Waals surface area contributed by atoms with Gasteiger partial charge in [0.15, 0.2) is 0 Å². The van der Waals surface area contributed by atoms with E-state index < -0.39 is 0 Å². The largest absolute Gasteiger partial charge is 0.341 e. The van der Waals surface area contributed by atoms with Crippen molar-refractivity contribution in [1.29, 1.82) is 5.26 Å². The summed E-state index contributed by atoms with van der Waals surface area (Å²) in [5, 5.41) is 15.9. The molecule has 0 N–H and O–H groups in total. The van der Waals surface area contributed by atoms with Crippen LogP contribution in [0.4, 0.5) is 0 Å². The number of benzene rings is 2. The van der Waals surface area contributed by atoms with E-state index >= 15 is 0 Å². The van der Waals surface area contributed by atoms with Crippen LogP contribution >= 0.6 is 0 Å². The SMILES string of the molecule is CCn1c2ccccc2c2cc(/C=N/n3c(C)cc(C)c(C#N)c3=O)ccc21. The Labute approximate surface area is 162 Å². The van der Waals surface area contributed by atoms with E-state index in [1.54, 1.807) is 19.2 Å². The van der Waals surface area contributed by atoms with Gasteiger partial charge in [0.2, 0.25) is 0 Å². The zero-order valence-corrected chi connectivity index (χ0v) is 16.1. The number of rotatable bonds is 3. The van der Waals surface area contributed by atoms with Crippen LogP contribution in [-0.2, 0) is 6.54 Å². The van der Waals surface area contributed by atoms with Gasteiger partial charge in [-0.05, 0) is 56.2 Å². The van der Waals surface area contributed by atoms with Gasteiger partial charge in [0, 0.05) is 34.0 Å². The maximum absolute atomic E-state index is 12.5. The van der Waals surface area contributed by atoms with Gasteiger partial charge in [-0.1, -0.05) is 24.3 Å². The predicted molar refractivity (Wildman–Crippen MR) is 113 cm³/mol. The van der Waals surface area contributed by atoms with Crippen LogP contribution in [0.1, 0.15) is 29.3 Å². The Morgan fingerprint density at radius 3 is 2.57 bits per heavy atom. The van der Waals surface area contributed by atoms with Crippen LogP contribution in [0.2, 0.25) is 0 Å². The molecule has 0 fully saturated rings. The van der Waals surface area contributed by atoms with Crippen molar-refractivity contribution in [2.45, 2.75) is 27.3 Å². The van der Waals surface area contributed by atoms with Gasteiger partial charge in [-0.3, -0.25) is 4.79 Å². The molecule has 0 radical (unpaired) electrons. The van der Waals surface area contributed by atoms with Crippen LogP contribution in [0.25, 0.3) is 21.8 Å². The Bertz CT molecular complexity index is 1350. The van der Waals surface area contributed by atoms with Crippen molar-refractivity contribution in [3.05, 3.63) is 81.3 Å². The molecule has 28 heavy (non-hydrogen) atoms. The highest BCUT2D eigenvalue weighted by Crippen LogP contribution is 2.29. The summed E-state index contributed by atoms with van der Waals surface area (Å²) in [4.78, 5) is 12.5. The molecule has 0 amide bonds. The molecule has 5 nitrogen and oxygen atoms in total. The summed E-state index contributed by atoms with van der Waals surface area (Å²) in [5.74, 6) is 0. The highest BCUT2D eigenvalue weighted by atomic mass is 16.1. The van der Waals surface area contributed by atoms with Gasteiger partial charge in [-0.2, -0.15) is 10.4 Å². The molecular formula is C23H20N4O. The second-order valence-corrected chi connectivity index (χ2v) is 6.86. The first-order valence-electron chi connectivity index (χ1n) is 9.24. The molecular weight excluding hydrogens is 348 g/mol. The zero-order chi connectivity index (χ0) is 19.8. The normalized spacial score (nSPS) is 11.5. The van der Waals surface area contributed by atoms with Crippen molar-refractivity contribution in [2.24, 2.45) is 5.10 Å². The number of hydrogen-bond acceptors (Lipinski definition) is 3. The second kappa shape index (κ2) is 6.82. The molecule has 0 unspecified atom stereocenters. The van der Waals surface area contributed by atoms with Gasteiger partial charge >= 0.3 is 0 Å². The zero-order valence-electron chi connectivity index (χ0n) is 16.1. The van der Waals surface area contributed by atoms with E-state index in [0.29, 0.717) is 11.3 Å². The Kier molecular flexibility index (Phi) is 4.32. The van der Waals surface area contributed by atoms with Gasteiger partial charge in [-0.15, -0.1) is 0 Å². The molecule has 0 spiro atoms.